The van der Waals surface area contributed by atoms with Crippen molar-refractivity contribution in [3.63, 3.8) is 0 Å². The molecule has 1 aliphatic carbocycles. The Hall–Kier alpha value is -2.65. The fourth-order valence-electron chi connectivity index (χ4n) is 3.32. The number of rotatable bonds is 5. The van der Waals surface area contributed by atoms with E-state index in [2.05, 4.69) is 15.4 Å². The van der Waals surface area contributed by atoms with Gasteiger partial charge >= 0.3 is 11.9 Å². The third-order valence-corrected chi connectivity index (χ3v) is 4.97. The van der Waals surface area contributed by atoms with Crippen molar-refractivity contribution in [2.24, 2.45) is 12.5 Å². The molecule has 1 aromatic carbocycles. The maximum atomic E-state index is 13.3. The molecule has 146 valence electrons. The summed E-state index contributed by atoms with van der Waals surface area (Å²) in [4.78, 5) is 25.8. The predicted molar refractivity (Wildman–Crippen MR) is 87.6 cm³/mol. The minimum absolute atomic E-state index is 0.00379. The molecule has 2 N–H and O–H groups in total. The van der Waals surface area contributed by atoms with E-state index in [9.17, 15) is 27.2 Å². The van der Waals surface area contributed by atoms with Crippen LogP contribution in [0.5, 0.6) is 0 Å². The number of carbonyl (C=O) groups excluding carboxylic acids is 1. The number of carbonyl (C=O) groups is 1. The predicted octanol–water partition coefficient (Wildman–Crippen LogP) is 2.41. The molecule has 6 nitrogen and oxygen atoms in total. The summed E-state index contributed by atoms with van der Waals surface area (Å²) in [6, 6.07) is 2.66. The zero-order valence-corrected chi connectivity index (χ0v) is 14.5. The second-order valence-corrected chi connectivity index (χ2v) is 6.91. The van der Waals surface area contributed by atoms with Crippen molar-refractivity contribution in [1.82, 2.24) is 20.1 Å². The molecule has 0 unspecified atom stereocenters. The van der Waals surface area contributed by atoms with E-state index in [0.717, 1.165) is 23.2 Å². The minimum atomic E-state index is -4.65. The zero-order valence-electron chi connectivity index (χ0n) is 14.5. The van der Waals surface area contributed by atoms with Gasteiger partial charge in [0, 0.05) is 13.6 Å². The van der Waals surface area contributed by atoms with E-state index in [1.54, 1.807) is 0 Å². The summed E-state index contributed by atoms with van der Waals surface area (Å²) in [7, 11) is 1.39. The van der Waals surface area contributed by atoms with Crippen LogP contribution in [0.1, 0.15) is 41.0 Å². The van der Waals surface area contributed by atoms with E-state index in [1.807, 2.05) is 0 Å². The van der Waals surface area contributed by atoms with Crippen molar-refractivity contribution < 1.29 is 22.4 Å². The van der Waals surface area contributed by atoms with Crippen LogP contribution in [0.15, 0.2) is 23.0 Å². The number of halogens is 4. The van der Waals surface area contributed by atoms with Crippen LogP contribution in [-0.4, -0.2) is 27.2 Å². The van der Waals surface area contributed by atoms with Crippen molar-refractivity contribution >= 4 is 5.91 Å². The number of amides is 1. The molecule has 0 spiro atoms. The molecule has 1 amide bonds. The molecule has 0 saturated heterocycles. The maximum absolute atomic E-state index is 13.3. The minimum Gasteiger partial charge on any atom is -0.349 e. The van der Waals surface area contributed by atoms with Gasteiger partial charge in [-0.2, -0.15) is 13.2 Å². The van der Waals surface area contributed by atoms with Gasteiger partial charge in [0.05, 0.1) is 5.56 Å². The first kappa shape index (κ1) is 19.1. The smallest absolute Gasteiger partial charge is 0.349 e. The number of nitrogens with zero attached hydrogens (tertiary/aromatic N) is 2. The Bertz CT molecular complexity index is 912. The van der Waals surface area contributed by atoms with E-state index in [4.69, 9.17) is 0 Å². The van der Waals surface area contributed by atoms with Crippen LogP contribution in [0.3, 0.4) is 0 Å². The first-order valence-electron chi connectivity index (χ1n) is 8.37. The average Bonchev–Trinajstić information content (AvgIpc) is 2.89. The van der Waals surface area contributed by atoms with Crippen LogP contribution >= 0.6 is 0 Å². The Morgan fingerprint density at radius 3 is 2.59 bits per heavy atom. The molecule has 10 heteroatoms. The van der Waals surface area contributed by atoms with Gasteiger partial charge in [-0.05, 0) is 42.4 Å². The number of nitrogens with one attached hydrogen (secondary N) is 2. The van der Waals surface area contributed by atoms with Gasteiger partial charge in [0.2, 0.25) is 5.82 Å². The Morgan fingerprint density at radius 1 is 1.37 bits per heavy atom. The standard InChI is InChI=1S/C17H18F4N4O2/c1-25-15(27)23-13(24-25)14(26)22-9-16(5-2-6-16)8-10-3-4-11(18)7-12(10)17(19,20)21/h3-4,7H,2,5-6,8-9H2,1H3,(H,22,26)(H,23,24,27). The summed E-state index contributed by atoms with van der Waals surface area (Å²) >= 11 is 0. The Labute approximate surface area is 151 Å². The van der Waals surface area contributed by atoms with Crippen molar-refractivity contribution in [3.8, 4) is 0 Å². The number of aromatic nitrogens is 3. The summed E-state index contributed by atoms with van der Waals surface area (Å²) < 4.78 is 53.9. The van der Waals surface area contributed by atoms with Crippen molar-refractivity contribution in [2.45, 2.75) is 31.9 Å². The van der Waals surface area contributed by atoms with Crippen LogP contribution in [0.2, 0.25) is 0 Å². The van der Waals surface area contributed by atoms with E-state index in [0.29, 0.717) is 18.9 Å². The largest absolute Gasteiger partial charge is 0.416 e. The molecule has 0 bridgehead atoms. The molecule has 1 heterocycles. The number of hydrogen-bond donors (Lipinski definition) is 2. The molecule has 27 heavy (non-hydrogen) atoms. The summed E-state index contributed by atoms with van der Waals surface area (Å²) in [5.74, 6) is -1.70. The van der Waals surface area contributed by atoms with Gasteiger partial charge in [0.15, 0.2) is 0 Å². The number of aromatic amines is 1. The number of benzene rings is 1. The summed E-state index contributed by atoms with van der Waals surface area (Å²) in [5.41, 5.74) is -2.07. The van der Waals surface area contributed by atoms with Crippen molar-refractivity contribution in [1.29, 1.82) is 0 Å². The van der Waals surface area contributed by atoms with Gasteiger partial charge in [-0.25, -0.2) is 13.9 Å². The number of aryl methyl sites for hydroxylation is 1. The van der Waals surface area contributed by atoms with Crippen molar-refractivity contribution in [3.05, 3.63) is 51.5 Å². The zero-order chi connectivity index (χ0) is 19.8. The Morgan fingerprint density at radius 2 is 2.07 bits per heavy atom. The maximum Gasteiger partial charge on any atom is 0.416 e. The fraction of sp³-hybridized carbons (Fsp3) is 0.471. The summed E-state index contributed by atoms with van der Waals surface area (Å²) in [6.07, 6.45) is -2.47. The average molecular weight is 386 g/mol. The van der Waals surface area contributed by atoms with Crippen LogP contribution in [0.4, 0.5) is 17.6 Å². The molecule has 1 fully saturated rings. The third-order valence-electron chi connectivity index (χ3n) is 4.97. The lowest BCUT2D eigenvalue weighted by Crippen LogP contribution is -2.44. The molecule has 3 rings (SSSR count). The molecule has 1 saturated carbocycles. The van der Waals surface area contributed by atoms with E-state index in [1.165, 1.54) is 7.05 Å². The molecule has 0 radical (unpaired) electrons. The second-order valence-electron chi connectivity index (χ2n) is 6.91. The number of H-pyrrole nitrogens is 1. The van der Waals surface area contributed by atoms with Gasteiger partial charge in [-0.1, -0.05) is 12.5 Å². The van der Waals surface area contributed by atoms with Crippen LogP contribution in [-0.2, 0) is 19.6 Å². The number of alkyl halides is 3. The lowest BCUT2D eigenvalue weighted by Gasteiger charge is -2.42. The highest BCUT2D eigenvalue weighted by molar-refractivity contribution is 5.90. The van der Waals surface area contributed by atoms with Crippen LogP contribution in [0, 0.1) is 11.2 Å². The first-order valence-corrected chi connectivity index (χ1v) is 8.37. The van der Waals surface area contributed by atoms with E-state index < -0.39 is 34.6 Å². The van der Waals surface area contributed by atoms with E-state index >= 15 is 0 Å². The van der Waals surface area contributed by atoms with Gasteiger partial charge in [0.1, 0.15) is 5.82 Å². The Balaban J connectivity index is 1.75. The SMILES string of the molecule is Cn1nc(C(=O)NCC2(Cc3ccc(F)cc3C(F)(F)F)CCC2)[nH]c1=O. The lowest BCUT2D eigenvalue weighted by atomic mass is 9.65. The monoisotopic (exact) mass is 386 g/mol. The summed E-state index contributed by atoms with van der Waals surface area (Å²) in [5, 5.41) is 6.37. The topological polar surface area (TPSA) is 79.8 Å². The first-order chi connectivity index (χ1) is 12.6. The normalized spacial score (nSPS) is 16.0. The summed E-state index contributed by atoms with van der Waals surface area (Å²) in [6.45, 7) is 0.138. The van der Waals surface area contributed by atoms with Gasteiger partial charge < -0.3 is 5.32 Å². The van der Waals surface area contributed by atoms with Crippen LogP contribution in [0.25, 0.3) is 0 Å². The van der Waals surface area contributed by atoms with Gasteiger partial charge in [-0.15, -0.1) is 5.10 Å². The Kier molecular flexibility index (Phi) is 4.83. The highest BCUT2D eigenvalue weighted by Crippen LogP contribution is 2.45. The van der Waals surface area contributed by atoms with Crippen LogP contribution < -0.4 is 11.0 Å². The van der Waals surface area contributed by atoms with E-state index in [-0.39, 0.29) is 24.4 Å². The quantitative estimate of drug-likeness (QED) is 0.775. The third kappa shape index (κ3) is 4.04. The highest BCUT2D eigenvalue weighted by atomic mass is 19.4. The lowest BCUT2D eigenvalue weighted by molar-refractivity contribution is -0.138. The number of hydrogen-bond acceptors (Lipinski definition) is 3. The molecule has 1 aromatic heterocycles. The molecular formula is C17H18F4N4O2. The molecule has 0 aliphatic heterocycles. The second kappa shape index (κ2) is 6.82. The molecule has 2 aromatic rings. The molecule has 0 atom stereocenters. The molecule has 1 aliphatic rings. The highest BCUT2D eigenvalue weighted by Gasteiger charge is 2.41. The van der Waals surface area contributed by atoms with Gasteiger partial charge in [0.25, 0.3) is 5.91 Å². The van der Waals surface area contributed by atoms with Gasteiger partial charge in [-0.3, -0.25) is 9.78 Å². The fourth-order valence-corrected chi connectivity index (χ4v) is 3.32. The molecular weight excluding hydrogens is 368 g/mol. The van der Waals surface area contributed by atoms with Crippen molar-refractivity contribution in [2.75, 3.05) is 6.54 Å².